The molecule has 0 unspecified atom stereocenters. The Labute approximate surface area is 172 Å². The van der Waals surface area contributed by atoms with Gasteiger partial charge in [0, 0.05) is 23.1 Å². The number of aromatic nitrogens is 1. The minimum Gasteiger partial charge on any atom is -0.475 e. The van der Waals surface area contributed by atoms with Crippen LogP contribution in [0.2, 0.25) is 0 Å². The van der Waals surface area contributed by atoms with Crippen molar-refractivity contribution < 1.29 is 27.4 Å². The quantitative estimate of drug-likeness (QED) is 0.667. The highest BCUT2D eigenvalue weighted by atomic mass is 19.4. The second-order valence-electron chi connectivity index (χ2n) is 7.15. The lowest BCUT2D eigenvalue weighted by Crippen LogP contribution is -2.27. The third kappa shape index (κ3) is 4.13. The fourth-order valence-electron chi connectivity index (χ4n) is 3.59. The smallest absolute Gasteiger partial charge is 0.416 e. The lowest BCUT2D eigenvalue weighted by atomic mass is 9.79. The highest BCUT2D eigenvalue weighted by molar-refractivity contribution is 5.95. The summed E-state index contributed by atoms with van der Waals surface area (Å²) < 4.78 is 52.6. The monoisotopic (exact) mass is 420 g/mol. The largest absolute Gasteiger partial charge is 0.475 e. The Morgan fingerprint density at radius 1 is 1.23 bits per heavy atom. The number of halogens is 3. The van der Waals surface area contributed by atoms with Crippen molar-refractivity contribution in [3.63, 3.8) is 0 Å². The summed E-state index contributed by atoms with van der Waals surface area (Å²) in [5, 5.41) is 3.10. The fourth-order valence-corrected chi connectivity index (χ4v) is 3.59. The molecule has 1 aliphatic heterocycles. The zero-order valence-electron chi connectivity index (χ0n) is 17.1. The minimum atomic E-state index is -4.60. The lowest BCUT2D eigenvalue weighted by molar-refractivity contribution is -0.140. The van der Waals surface area contributed by atoms with Crippen molar-refractivity contribution in [3.05, 3.63) is 64.5 Å². The molecule has 0 aliphatic carbocycles. The number of benzene rings is 1. The van der Waals surface area contributed by atoms with Gasteiger partial charge in [-0.05, 0) is 45.4 Å². The minimum absolute atomic E-state index is 0.0586. The van der Waals surface area contributed by atoms with Crippen LogP contribution in [0.3, 0.4) is 0 Å². The van der Waals surface area contributed by atoms with Gasteiger partial charge in [-0.2, -0.15) is 13.2 Å². The van der Waals surface area contributed by atoms with Gasteiger partial charge < -0.3 is 14.8 Å². The number of anilines is 1. The molecule has 0 bridgehead atoms. The van der Waals surface area contributed by atoms with Crippen LogP contribution in [-0.4, -0.2) is 23.7 Å². The number of ether oxygens (including phenoxy) is 2. The van der Waals surface area contributed by atoms with Crippen molar-refractivity contribution in [3.8, 4) is 5.88 Å². The first kappa shape index (κ1) is 21.7. The number of pyridine rings is 1. The number of esters is 1. The number of nitrogens with one attached hydrogen (secondary N) is 1. The molecule has 1 aliphatic rings. The number of allylic oxidation sites excluding steroid dienone is 1. The summed E-state index contributed by atoms with van der Waals surface area (Å²) in [5.74, 6) is -1.57. The van der Waals surface area contributed by atoms with Gasteiger partial charge in [-0.15, -0.1) is 0 Å². The summed E-state index contributed by atoms with van der Waals surface area (Å²) in [6.45, 7) is 6.97. The molecule has 1 aromatic heterocycles. The SMILES string of the molecule is CCOC(=O)C1=C(C)Nc2ccnc(OC(C)C)c2[C@@H]1c1ccccc1C(F)(F)F. The number of fused-ring (bicyclic) bond motifs is 1. The van der Waals surface area contributed by atoms with E-state index >= 15 is 0 Å². The molecule has 0 radical (unpaired) electrons. The fraction of sp³-hybridized carbons (Fsp3) is 0.364. The van der Waals surface area contributed by atoms with Crippen molar-refractivity contribution in [1.82, 2.24) is 4.98 Å². The molecule has 1 N–H and O–H groups in total. The lowest BCUT2D eigenvalue weighted by Gasteiger charge is -2.32. The van der Waals surface area contributed by atoms with Gasteiger partial charge in [0.1, 0.15) is 0 Å². The van der Waals surface area contributed by atoms with Gasteiger partial charge in [-0.1, -0.05) is 18.2 Å². The normalized spacial score (nSPS) is 16.2. The first-order chi connectivity index (χ1) is 14.1. The van der Waals surface area contributed by atoms with Gasteiger partial charge >= 0.3 is 12.1 Å². The van der Waals surface area contributed by atoms with Crippen LogP contribution in [0.5, 0.6) is 5.88 Å². The van der Waals surface area contributed by atoms with Gasteiger partial charge in [0.25, 0.3) is 0 Å². The average Bonchev–Trinajstić information content (AvgIpc) is 2.66. The number of nitrogens with zero attached hydrogens (tertiary/aromatic N) is 1. The van der Waals surface area contributed by atoms with E-state index in [1.165, 1.54) is 24.4 Å². The molecule has 3 rings (SSSR count). The Kier molecular flexibility index (Phi) is 6.05. The highest BCUT2D eigenvalue weighted by Crippen LogP contribution is 2.48. The first-order valence-electron chi connectivity index (χ1n) is 9.61. The number of alkyl halides is 3. The Hall–Kier alpha value is -3.03. The first-order valence-corrected chi connectivity index (χ1v) is 9.61. The molecular weight excluding hydrogens is 397 g/mol. The van der Waals surface area contributed by atoms with Crippen molar-refractivity contribution in [1.29, 1.82) is 0 Å². The van der Waals surface area contributed by atoms with Gasteiger partial charge in [-0.25, -0.2) is 9.78 Å². The van der Waals surface area contributed by atoms with Crippen LogP contribution in [-0.2, 0) is 15.7 Å². The van der Waals surface area contributed by atoms with E-state index < -0.39 is 23.6 Å². The van der Waals surface area contributed by atoms with E-state index in [-0.39, 0.29) is 29.7 Å². The molecule has 8 heteroatoms. The Morgan fingerprint density at radius 3 is 2.57 bits per heavy atom. The zero-order chi connectivity index (χ0) is 22.1. The standard InChI is InChI=1S/C22H23F3N2O3/c1-5-29-21(28)17-13(4)27-16-10-11-26-20(30-12(2)3)19(16)18(17)14-8-6-7-9-15(14)22(23,24)25/h6-12,18,27H,5H2,1-4H3/t18-/m1/s1. The Bertz CT molecular complexity index is 984. The topological polar surface area (TPSA) is 60.5 Å². The maximum Gasteiger partial charge on any atom is 0.416 e. The maximum absolute atomic E-state index is 13.9. The van der Waals surface area contributed by atoms with Crippen molar-refractivity contribution >= 4 is 11.7 Å². The molecule has 0 saturated heterocycles. The summed E-state index contributed by atoms with van der Waals surface area (Å²) in [4.78, 5) is 17.1. The Balaban J connectivity index is 2.33. The molecule has 0 spiro atoms. The second-order valence-corrected chi connectivity index (χ2v) is 7.15. The number of carbonyl (C=O) groups is 1. The van der Waals surface area contributed by atoms with Crippen LogP contribution in [0.25, 0.3) is 0 Å². The van der Waals surface area contributed by atoms with Gasteiger partial charge in [-0.3, -0.25) is 0 Å². The predicted octanol–water partition coefficient (Wildman–Crippen LogP) is 5.28. The van der Waals surface area contributed by atoms with E-state index in [9.17, 15) is 18.0 Å². The van der Waals surface area contributed by atoms with E-state index in [1.807, 2.05) is 0 Å². The molecule has 0 fully saturated rings. The van der Waals surface area contributed by atoms with Crippen LogP contribution in [0.4, 0.5) is 18.9 Å². The number of hydrogen-bond donors (Lipinski definition) is 1. The van der Waals surface area contributed by atoms with E-state index in [0.29, 0.717) is 16.9 Å². The van der Waals surface area contributed by atoms with Crippen LogP contribution >= 0.6 is 0 Å². The summed E-state index contributed by atoms with van der Waals surface area (Å²) in [7, 11) is 0. The molecule has 30 heavy (non-hydrogen) atoms. The Morgan fingerprint density at radius 2 is 1.93 bits per heavy atom. The molecule has 2 aromatic rings. The van der Waals surface area contributed by atoms with Crippen molar-refractivity contribution in [2.45, 2.75) is 45.9 Å². The summed E-state index contributed by atoms with van der Waals surface area (Å²) in [5.41, 5.74) is 0.547. The molecule has 1 aromatic carbocycles. The van der Waals surface area contributed by atoms with Crippen molar-refractivity contribution in [2.75, 3.05) is 11.9 Å². The summed E-state index contributed by atoms with van der Waals surface area (Å²) in [6.07, 6.45) is -3.35. The van der Waals surface area contributed by atoms with Crippen LogP contribution in [0.15, 0.2) is 47.8 Å². The predicted molar refractivity (Wildman–Crippen MR) is 106 cm³/mol. The number of carbonyl (C=O) groups excluding carboxylic acids is 1. The van der Waals surface area contributed by atoms with Crippen LogP contribution in [0.1, 0.15) is 50.3 Å². The molecule has 1 atom stereocenters. The highest BCUT2D eigenvalue weighted by Gasteiger charge is 2.42. The van der Waals surface area contributed by atoms with Crippen LogP contribution in [0, 0.1) is 0 Å². The summed E-state index contributed by atoms with van der Waals surface area (Å²) in [6, 6.07) is 6.88. The summed E-state index contributed by atoms with van der Waals surface area (Å²) >= 11 is 0. The van der Waals surface area contributed by atoms with Gasteiger partial charge in [0.05, 0.1) is 29.8 Å². The molecular formula is C22H23F3N2O3. The van der Waals surface area contributed by atoms with E-state index in [1.54, 1.807) is 33.8 Å². The third-order valence-electron chi connectivity index (χ3n) is 4.68. The van der Waals surface area contributed by atoms with Gasteiger partial charge in [0.15, 0.2) is 0 Å². The molecule has 0 saturated carbocycles. The number of hydrogen-bond acceptors (Lipinski definition) is 5. The van der Waals surface area contributed by atoms with Crippen molar-refractivity contribution in [2.24, 2.45) is 0 Å². The van der Waals surface area contributed by atoms with E-state index in [2.05, 4.69) is 10.3 Å². The average molecular weight is 420 g/mol. The third-order valence-corrected chi connectivity index (χ3v) is 4.68. The van der Waals surface area contributed by atoms with E-state index in [0.717, 1.165) is 6.07 Å². The zero-order valence-corrected chi connectivity index (χ0v) is 17.1. The van der Waals surface area contributed by atoms with E-state index in [4.69, 9.17) is 9.47 Å². The molecule has 2 heterocycles. The van der Waals surface area contributed by atoms with Crippen LogP contribution < -0.4 is 10.1 Å². The molecule has 5 nitrogen and oxygen atoms in total. The molecule has 0 amide bonds. The second kappa shape index (κ2) is 8.38. The maximum atomic E-state index is 13.9. The number of rotatable bonds is 5. The molecule has 160 valence electrons. The van der Waals surface area contributed by atoms with Gasteiger partial charge in [0.2, 0.25) is 5.88 Å².